The third-order valence-electron chi connectivity index (χ3n) is 3.89. The molecule has 8 nitrogen and oxygen atoms in total. The Morgan fingerprint density at radius 2 is 1.93 bits per heavy atom. The average molecular weight is 411 g/mol. The number of imide groups is 1. The Morgan fingerprint density at radius 3 is 2.59 bits per heavy atom. The molecule has 2 aromatic carbocycles. The summed E-state index contributed by atoms with van der Waals surface area (Å²) in [6.45, 7) is -0.633. The van der Waals surface area contributed by atoms with Crippen LogP contribution in [0.5, 0.6) is 5.75 Å². The Hall–Kier alpha value is -2.68. The van der Waals surface area contributed by atoms with E-state index in [0.29, 0.717) is 5.02 Å². The van der Waals surface area contributed by atoms with E-state index in [1.54, 1.807) is 6.07 Å². The lowest BCUT2D eigenvalue weighted by molar-refractivity contribution is -0.385. The van der Waals surface area contributed by atoms with Gasteiger partial charge in [-0.1, -0.05) is 29.3 Å². The number of carbonyl (C=O) groups excluding carboxylic acids is 2. The van der Waals surface area contributed by atoms with E-state index < -0.39 is 28.5 Å². The SMILES string of the molecule is O=C1c2cccc([N+](=O)[O-])c2C(=O)N1C[C@@H](O)COc1ccc(Cl)cc1Cl. The number of aliphatic hydroxyl groups is 1. The largest absolute Gasteiger partial charge is 0.489 e. The Morgan fingerprint density at radius 1 is 1.19 bits per heavy atom. The van der Waals surface area contributed by atoms with Crippen molar-refractivity contribution in [1.29, 1.82) is 0 Å². The molecule has 0 aromatic heterocycles. The molecule has 0 radical (unpaired) electrons. The van der Waals surface area contributed by atoms with Crippen LogP contribution in [0.15, 0.2) is 36.4 Å². The first-order valence-electron chi connectivity index (χ1n) is 7.69. The van der Waals surface area contributed by atoms with Crippen LogP contribution in [0.1, 0.15) is 20.7 Å². The molecule has 1 N–H and O–H groups in total. The highest BCUT2D eigenvalue weighted by atomic mass is 35.5. The summed E-state index contributed by atoms with van der Waals surface area (Å²) >= 11 is 11.7. The minimum Gasteiger partial charge on any atom is -0.489 e. The molecule has 1 aliphatic heterocycles. The zero-order valence-corrected chi connectivity index (χ0v) is 15.1. The number of rotatable bonds is 6. The van der Waals surface area contributed by atoms with Gasteiger partial charge in [-0.05, 0) is 24.3 Å². The monoisotopic (exact) mass is 410 g/mol. The van der Waals surface area contributed by atoms with E-state index in [0.717, 1.165) is 11.0 Å². The average Bonchev–Trinajstić information content (AvgIpc) is 2.86. The highest BCUT2D eigenvalue weighted by Gasteiger charge is 2.41. The van der Waals surface area contributed by atoms with Crippen molar-refractivity contribution in [3.8, 4) is 5.75 Å². The predicted molar refractivity (Wildman–Crippen MR) is 96.4 cm³/mol. The Balaban J connectivity index is 1.71. The lowest BCUT2D eigenvalue weighted by Gasteiger charge is -2.19. The lowest BCUT2D eigenvalue weighted by Crippen LogP contribution is -2.39. The Labute approximate surface area is 163 Å². The summed E-state index contributed by atoms with van der Waals surface area (Å²) in [6, 6.07) is 8.34. The molecule has 0 saturated carbocycles. The molecule has 27 heavy (non-hydrogen) atoms. The molecule has 1 heterocycles. The van der Waals surface area contributed by atoms with Crippen LogP contribution >= 0.6 is 23.2 Å². The van der Waals surface area contributed by atoms with Crippen LogP contribution in [-0.2, 0) is 0 Å². The first kappa shape index (κ1) is 19.1. The molecular weight excluding hydrogens is 399 g/mol. The minimum absolute atomic E-state index is 0.0666. The number of β-amino-alcohol motifs (C(OH)–C–C–N with tert-alkyl or cyclic N) is 1. The molecule has 2 aromatic rings. The fraction of sp³-hybridized carbons (Fsp3) is 0.176. The summed E-state index contributed by atoms with van der Waals surface area (Å²) in [5, 5.41) is 21.9. The fourth-order valence-electron chi connectivity index (χ4n) is 2.68. The van der Waals surface area contributed by atoms with Gasteiger partial charge in [0.25, 0.3) is 17.5 Å². The molecule has 140 valence electrons. The maximum atomic E-state index is 12.4. The number of hydrogen-bond donors (Lipinski definition) is 1. The van der Waals surface area contributed by atoms with Crippen molar-refractivity contribution < 1.29 is 24.4 Å². The van der Waals surface area contributed by atoms with E-state index in [4.69, 9.17) is 27.9 Å². The molecule has 1 atom stereocenters. The van der Waals surface area contributed by atoms with Crippen molar-refractivity contribution in [1.82, 2.24) is 4.90 Å². The summed E-state index contributed by atoms with van der Waals surface area (Å²) < 4.78 is 5.38. The van der Waals surface area contributed by atoms with Crippen molar-refractivity contribution in [2.45, 2.75) is 6.10 Å². The number of benzene rings is 2. The molecule has 1 aliphatic rings. The number of nitrogens with zero attached hydrogens (tertiary/aromatic N) is 2. The molecule has 0 aliphatic carbocycles. The van der Waals surface area contributed by atoms with Crippen LogP contribution in [0.25, 0.3) is 0 Å². The van der Waals surface area contributed by atoms with Crippen molar-refractivity contribution in [3.63, 3.8) is 0 Å². The number of nitro groups is 1. The van der Waals surface area contributed by atoms with Crippen LogP contribution in [0.2, 0.25) is 10.0 Å². The van der Waals surface area contributed by atoms with Crippen molar-refractivity contribution in [2.24, 2.45) is 0 Å². The molecule has 0 unspecified atom stereocenters. The topological polar surface area (TPSA) is 110 Å². The summed E-state index contributed by atoms with van der Waals surface area (Å²) in [5.74, 6) is -1.26. The van der Waals surface area contributed by atoms with Gasteiger partial charge in [0.05, 0.1) is 22.1 Å². The number of amides is 2. The number of hydrogen-bond acceptors (Lipinski definition) is 6. The molecule has 0 bridgehead atoms. The number of carbonyl (C=O) groups is 2. The first-order valence-corrected chi connectivity index (χ1v) is 8.44. The van der Waals surface area contributed by atoms with Gasteiger partial charge < -0.3 is 9.84 Å². The molecular formula is C17H12Cl2N2O6. The normalized spacial score (nSPS) is 14.3. The van der Waals surface area contributed by atoms with Crippen molar-refractivity contribution in [2.75, 3.05) is 13.2 Å². The summed E-state index contributed by atoms with van der Waals surface area (Å²) in [7, 11) is 0. The first-order chi connectivity index (χ1) is 12.8. The van der Waals surface area contributed by atoms with Crippen LogP contribution < -0.4 is 4.74 Å². The van der Waals surface area contributed by atoms with Gasteiger partial charge in [0.15, 0.2) is 0 Å². The van der Waals surface area contributed by atoms with Gasteiger partial charge in [0.2, 0.25) is 0 Å². The van der Waals surface area contributed by atoms with Gasteiger partial charge in [0.1, 0.15) is 24.0 Å². The van der Waals surface area contributed by atoms with Gasteiger partial charge in [-0.25, -0.2) is 0 Å². The van der Waals surface area contributed by atoms with E-state index in [-0.39, 0.29) is 35.1 Å². The van der Waals surface area contributed by atoms with Crippen LogP contribution in [0.4, 0.5) is 5.69 Å². The van der Waals surface area contributed by atoms with Crippen LogP contribution in [0, 0.1) is 10.1 Å². The van der Waals surface area contributed by atoms with Gasteiger partial charge in [-0.2, -0.15) is 0 Å². The van der Waals surface area contributed by atoms with Crippen molar-refractivity contribution >= 4 is 40.7 Å². The smallest absolute Gasteiger partial charge is 0.282 e. The third-order valence-corrected chi connectivity index (χ3v) is 4.42. The van der Waals surface area contributed by atoms with Crippen molar-refractivity contribution in [3.05, 3.63) is 67.7 Å². The zero-order valence-electron chi connectivity index (χ0n) is 13.6. The zero-order chi connectivity index (χ0) is 19.7. The molecule has 0 spiro atoms. The highest BCUT2D eigenvalue weighted by molar-refractivity contribution is 6.35. The lowest BCUT2D eigenvalue weighted by atomic mass is 10.1. The molecule has 3 rings (SSSR count). The fourth-order valence-corrected chi connectivity index (χ4v) is 3.14. The number of fused-ring (bicyclic) bond motifs is 1. The molecule has 10 heteroatoms. The van der Waals surface area contributed by atoms with E-state index in [1.807, 2.05) is 0 Å². The summed E-state index contributed by atoms with van der Waals surface area (Å²) in [4.78, 5) is 35.9. The Kier molecular flexibility index (Phi) is 5.31. The van der Waals surface area contributed by atoms with Gasteiger partial charge in [-0.3, -0.25) is 24.6 Å². The second-order valence-electron chi connectivity index (χ2n) is 5.72. The molecule has 0 saturated heterocycles. The summed E-state index contributed by atoms with van der Waals surface area (Å²) in [5.41, 5.74) is -0.795. The minimum atomic E-state index is -1.22. The quantitative estimate of drug-likeness (QED) is 0.445. The van der Waals surface area contributed by atoms with Crippen LogP contribution in [0.3, 0.4) is 0 Å². The third kappa shape index (κ3) is 3.73. The maximum absolute atomic E-state index is 12.4. The van der Waals surface area contributed by atoms with E-state index in [9.17, 15) is 24.8 Å². The Bertz CT molecular complexity index is 949. The predicted octanol–water partition coefficient (Wildman–Crippen LogP) is 2.94. The number of aliphatic hydroxyl groups excluding tert-OH is 1. The van der Waals surface area contributed by atoms with E-state index in [1.165, 1.54) is 24.3 Å². The van der Waals surface area contributed by atoms with E-state index >= 15 is 0 Å². The second kappa shape index (κ2) is 7.51. The molecule has 2 amide bonds. The highest BCUT2D eigenvalue weighted by Crippen LogP contribution is 2.31. The number of halogens is 2. The standard InChI is InChI=1S/C17H12Cl2N2O6/c18-9-4-5-14(12(19)6-9)27-8-10(22)7-20-16(23)11-2-1-3-13(21(25)26)15(11)17(20)24/h1-6,10,22H,7-8H2/t10-/m1/s1. The van der Waals surface area contributed by atoms with Gasteiger partial charge in [-0.15, -0.1) is 0 Å². The maximum Gasteiger partial charge on any atom is 0.282 e. The second-order valence-corrected chi connectivity index (χ2v) is 6.56. The number of nitro benzene ring substituents is 1. The van der Waals surface area contributed by atoms with Gasteiger partial charge in [0, 0.05) is 11.1 Å². The van der Waals surface area contributed by atoms with E-state index in [2.05, 4.69) is 0 Å². The van der Waals surface area contributed by atoms with Gasteiger partial charge >= 0.3 is 0 Å². The van der Waals surface area contributed by atoms with Crippen LogP contribution in [-0.4, -0.2) is 46.0 Å². The number of ether oxygens (including phenoxy) is 1. The summed E-state index contributed by atoms with van der Waals surface area (Å²) in [6.07, 6.45) is -1.22. The molecule has 0 fully saturated rings.